The lowest BCUT2D eigenvalue weighted by molar-refractivity contribution is -0.119. The van der Waals surface area contributed by atoms with E-state index in [9.17, 15) is 19.2 Å². The van der Waals surface area contributed by atoms with Crippen molar-refractivity contribution in [2.75, 3.05) is 26.2 Å². The minimum Gasteiger partial charge on any atom is -0.444 e. The number of carbonyl (C=O) groups is 4. The zero-order chi connectivity index (χ0) is 34.1. The Labute approximate surface area is 298 Å². The lowest BCUT2D eigenvalue weighted by Gasteiger charge is -2.27. The van der Waals surface area contributed by atoms with Crippen LogP contribution in [0.5, 0.6) is 0 Å². The van der Waals surface area contributed by atoms with E-state index in [1.165, 1.54) is 11.8 Å². The van der Waals surface area contributed by atoms with Gasteiger partial charge in [0.15, 0.2) is 0 Å². The minimum atomic E-state index is -0.526. The van der Waals surface area contributed by atoms with Gasteiger partial charge in [0, 0.05) is 57.8 Å². The molecule has 2 fully saturated rings. The summed E-state index contributed by atoms with van der Waals surface area (Å²) in [6.45, 7) is 13.0. The number of likely N-dealkylation sites (tertiary alicyclic amines) is 2. The molecule has 0 spiro atoms. The number of halogens is 2. The second-order valence-corrected chi connectivity index (χ2v) is 17.5. The number of ketones is 2. The minimum absolute atomic E-state index is 0.108. The molecule has 46 heavy (non-hydrogen) atoms. The zero-order valence-corrected chi connectivity index (χ0v) is 32.2. The molecule has 0 aromatic heterocycles. The molecule has 2 unspecified atom stereocenters. The summed E-state index contributed by atoms with van der Waals surface area (Å²) in [6.07, 6.45) is 1.56. The third-order valence-corrected chi connectivity index (χ3v) is 10.4. The van der Waals surface area contributed by atoms with Crippen LogP contribution in [0.2, 0.25) is 0 Å². The molecule has 0 saturated carbocycles. The molecule has 2 aromatic rings. The molecule has 8 nitrogen and oxygen atoms in total. The first kappa shape index (κ1) is 38.4. The third-order valence-electron chi connectivity index (χ3n) is 6.73. The van der Waals surface area contributed by atoms with Gasteiger partial charge in [-0.15, -0.1) is 23.5 Å². The molecule has 2 aromatic carbocycles. The molecule has 2 aliphatic heterocycles. The molecule has 2 amide bonds. The Bertz CT molecular complexity index is 1340. The number of ether oxygens (including phenoxy) is 2. The Balaban J connectivity index is 0.000000250. The maximum absolute atomic E-state index is 12.3. The van der Waals surface area contributed by atoms with Crippen LogP contribution in [0.3, 0.4) is 0 Å². The van der Waals surface area contributed by atoms with Gasteiger partial charge in [0.2, 0.25) is 0 Å². The average Bonchev–Trinajstić information content (AvgIpc) is 3.25. The van der Waals surface area contributed by atoms with Crippen molar-refractivity contribution in [3.8, 4) is 0 Å². The van der Waals surface area contributed by atoms with Gasteiger partial charge in [0.25, 0.3) is 0 Å². The summed E-state index contributed by atoms with van der Waals surface area (Å²) in [6, 6.07) is 15.8. The van der Waals surface area contributed by atoms with E-state index in [0.717, 1.165) is 18.7 Å². The van der Waals surface area contributed by atoms with Crippen LogP contribution < -0.4 is 0 Å². The van der Waals surface area contributed by atoms with Crippen LogP contribution in [0, 0.1) is 0 Å². The van der Waals surface area contributed by atoms with Crippen LogP contribution in [-0.2, 0) is 19.1 Å². The van der Waals surface area contributed by atoms with E-state index in [4.69, 9.17) is 9.47 Å². The predicted molar refractivity (Wildman–Crippen MR) is 192 cm³/mol. The predicted octanol–water partition coefficient (Wildman–Crippen LogP) is 9.02. The Hall–Kier alpha value is -2.02. The first-order valence-electron chi connectivity index (χ1n) is 15.3. The number of hydrogen-bond acceptors (Lipinski definition) is 8. The molecular formula is C34H44Br2N2O6S2. The summed E-state index contributed by atoms with van der Waals surface area (Å²) in [7, 11) is 0. The SMILES string of the molecule is CC(C)(C)OC(=O)N1CCC(=O)C(Sc2ccc(Br)cc2)CC1.CC(C)(C)OC(=O)N1CCCC(=O)C(Sc2ccc(Br)cc2)C1. The Morgan fingerprint density at radius 3 is 1.63 bits per heavy atom. The fourth-order valence-corrected chi connectivity index (χ4v) is 7.28. The van der Waals surface area contributed by atoms with Gasteiger partial charge in [0.05, 0.1) is 10.5 Å². The van der Waals surface area contributed by atoms with Crippen LogP contribution in [0.1, 0.15) is 67.2 Å². The fourth-order valence-electron chi connectivity index (χ4n) is 4.53. The van der Waals surface area contributed by atoms with E-state index in [-0.39, 0.29) is 34.3 Å². The molecule has 12 heteroatoms. The van der Waals surface area contributed by atoms with Crippen LogP contribution in [0.4, 0.5) is 9.59 Å². The highest BCUT2D eigenvalue weighted by atomic mass is 79.9. The molecule has 252 valence electrons. The number of carbonyl (C=O) groups excluding carboxylic acids is 4. The number of thioether (sulfide) groups is 2. The second-order valence-electron chi connectivity index (χ2n) is 13.1. The maximum Gasteiger partial charge on any atom is 0.410 e. The lowest BCUT2D eigenvalue weighted by Crippen LogP contribution is -2.40. The van der Waals surface area contributed by atoms with Crippen molar-refractivity contribution in [3.05, 3.63) is 57.5 Å². The summed E-state index contributed by atoms with van der Waals surface area (Å²) in [5.41, 5.74) is -1.04. The fraction of sp³-hybridized carbons (Fsp3) is 0.529. The van der Waals surface area contributed by atoms with Crippen molar-refractivity contribution in [3.63, 3.8) is 0 Å². The van der Waals surface area contributed by atoms with Crippen molar-refractivity contribution in [2.24, 2.45) is 0 Å². The number of rotatable bonds is 4. The maximum atomic E-state index is 12.3. The van der Waals surface area contributed by atoms with E-state index in [0.29, 0.717) is 51.9 Å². The van der Waals surface area contributed by atoms with Crippen molar-refractivity contribution < 1.29 is 28.7 Å². The number of benzene rings is 2. The quantitative estimate of drug-likeness (QED) is 0.303. The Morgan fingerprint density at radius 1 is 0.674 bits per heavy atom. The van der Waals surface area contributed by atoms with Gasteiger partial charge in [-0.25, -0.2) is 9.59 Å². The largest absolute Gasteiger partial charge is 0.444 e. The Kier molecular flexibility index (Phi) is 14.5. The molecule has 4 rings (SSSR count). The van der Waals surface area contributed by atoms with Gasteiger partial charge < -0.3 is 19.3 Å². The third kappa shape index (κ3) is 13.6. The first-order valence-corrected chi connectivity index (χ1v) is 18.7. The molecule has 0 radical (unpaired) electrons. The first-order chi connectivity index (χ1) is 21.5. The smallest absolute Gasteiger partial charge is 0.410 e. The molecule has 2 aliphatic rings. The standard InChI is InChI=1S/2C17H22BrNO3S/c1-17(2,3)22-16(21)19-10-8-14(20)15(9-11-19)23-13-6-4-12(18)5-7-13;1-17(2,3)22-16(21)19-10-4-5-14(20)15(11-19)23-13-8-6-12(18)7-9-13/h4-7,15H,8-11H2,1-3H3;6-9,15H,4-5,10-11H2,1-3H3. The van der Waals surface area contributed by atoms with Crippen molar-refractivity contribution >= 4 is 79.1 Å². The summed E-state index contributed by atoms with van der Waals surface area (Å²) >= 11 is 9.90. The lowest BCUT2D eigenvalue weighted by atomic mass is 10.2. The Morgan fingerprint density at radius 2 is 1.13 bits per heavy atom. The van der Waals surface area contributed by atoms with E-state index < -0.39 is 11.2 Å². The number of amides is 2. The van der Waals surface area contributed by atoms with E-state index in [1.54, 1.807) is 21.6 Å². The van der Waals surface area contributed by atoms with Crippen LogP contribution in [-0.4, -0.2) is 81.4 Å². The highest BCUT2D eigenvalue weighted by Crippen LogP contribution is 2.31. The number of nitrogens with zero attached hydrogens (tertiary/aromatic N) is 2. The molecule has 0 N–H and O–H groups in total. The van der Waals surface area contributed by atoms with Gasteiger partial charge in [-0.2, -0.15) is 0 Å². The average molecular weight is 801 g/mol. The van der Waals surface area contributed by atoms with Gasteiger partial charge in [-0.05, 0) is 103 Å². The summed E-state index contributed by atoms with van der Waals surface area (Å²) in [5, 5.41) is -0.352. The van der Waals surface area contributed by atoms with Crippen molar-refractivity contribution in [2.45, 2.75) is 98.7 Å². The number of hydrogen-bond donors (Lipinski definition) is 0. The normalized spacial score (nSPS) is 19.4. The highest BCUT2D eigenvalue weighted by Gasteiger charge is 2.31. The summed E-state index contributed by atoms with van der Waals surface area (Å²) in [4.78, 5) is 54.5. The van der Waals surface area contributed by atoms with Crippen molar-refractivity contribution in [1.82, 2.24) is 9.80 Å². The summed E-state index contributed by atoms with van der Waals surface area (Å²) in [5.74, 6) is 0.396. The molecule has 2 heterocycles. The molecule has 2 saturated heterocycles. The van der Waals surface area contributed by atoms with Gasteiger partial charge in [-0.1, -0.05) is 31.9 Å². The molecular weight excluding hydrogens is 756 g/mol. The second kappa shape index (κ2) is 17.4. The van der Waals surface area contributed by atoms with Crippen LogP contribution in [0.25, 0.3) is 0 Å². The van der Waals surface area contributed by atoms with Crippen molar-refractivity contribution in [1.29, 1.82) is 0 Å². The topological polar surface area (TPSA) is 93.2 Å². The van der Waals surface area contributed by atoms with E-state index in [2.05, 4.69) is 31.9 Å². The van der Waals surface area contributed by atoms with Crippen LogP contribution >= 0.6 is 55.4 Å². The highest BCUT2D eigenvalue weighted by molar-refractivity contribution is 9.10. The van der Waals surface area contributed by atoms with Gasteiger partial charge in [-0.3, -0.25) is 9.59 Å². The van der Waals surface area contributed by atoms with Gasteiger partial charge >= 0.3 is 12.2 Å². The van der Waals surface area contributed by atoms with E-state index in [1.807, 2.05) is 90.1 Å². The van der Waals surface area contributed by atoms with E-state index >= 15 is 0 Å². The number of Topliss-reactive ketones (excluding diaryl/α,β-unsaturated/α-hetero) is 2. The molecule has 0 bridgehead atoms. The van der Waals surface area contributed by atoms with Crippen LogP contribution in [0.15, 0.2) is 67.3 Å². The zero-order valence-electron chi connectivity index (χ0n) is 27.3. The van der Waals surface area contributed by atoms with Gasteiger partial charge in [0.1, 0.15) is 22.8 Å². The summed E-state index contributed by atoms with van der Waals surface area (Å²) < 4.78 is 12.9. The molecule has 2 atom stereocenters. The molecule has 0 aliphatic carbocycles. The monoisotopic (exact) mass is 798 g/mol.